The average Bonchev–Trinajstić information content (AvgIpc) is 2.28. The van der Waals surface area contributed by atoms with Crippen LogP contribution in [0.4, 0.5) is 0 Å². The lowest BCUT2D eigenvalue weighted by atomic mass is 10.0. The van der Waals surface area contributed by atoms with Gasteiger partial charge in [-0.05, 0) is 37.5 Å². The maximum absolute atomic E-state index is 11.6. The second-order valence-corrected chi connectivity index (χ2v) is 6.52. The average molecular weight is 252 g/mol. The van der Waals surface area contributed by atoms with Gasteiger partial charge in [0.15, 0.2) is 0 Å². The molecule has 0 fully saturated rings. The van der Waals surface area contributed by atoms with E-state index in [9.17, 15) is 4.79 Å². The van der Waals surface area contributed by atoms with Crippen molar-refractivity contribution in [2.75, 3.05) is 7.11 Å². The summed E-state index contributed by atoms with van der Waals surface area (Å²) in [5.74, 6) is 0.332. The number of benzene rings is 1. The number of hydrogen-bond acceptors (Lipinski definition) is 3. The summed E-state index contributed by atoms with van der Waals surface area (Å²) in [6.07, 6.45) is 0. The van der Waals surface area contributed by atoms with E-state index in [-0.39, 0.29) is 5.97 Å². The Morgan fingerprint density at radius 2 is 1.76 bits per heavy atom. The zero-order valence-electron chi connectivity index (χ0n) is 11.1. The second-order valence-electron chi connectivity index (χ2n) is 4.83. The Morgan fingerprint density at radius 1 is 1.24 bits per heavy atom. The summed E-state index contributed by atoms with van der Waals surface area (Å²) in [7, 11) is 1.42. The zero-order valence-corrected chi connectivity index (χ0v) is 11.9. The number of esters is 1. The Labute approximate surface area is 108 Å². The van der Waals surface area contributed by atoms with Gasteiger partial charge in [-0.15, -0.1) is 11.8 Å². The van der Waals surface area contributed by atoms with Gasteiger partial charge in [-0.2, -0.15) is 0 Å². The Hall–Kier alpha value is -0.960. The van der Waals surface area contributed by atoms with E-state index in [0.29, 0.717) is 5.92 Å². The van der Waals surface area contributed by atoms with Gasteiger partial charge in [-0.3, -0.25) is 4.79 Å². The first-order valence-corrected chi connectivity index (χ1v) is 6.56. The largest absolute Gasteiger partial charge is 0.468 e. The van der Waals surface area contributed by atoms with Crippen LogP contribution < -0.4 is 0 Å². The third-order valence-electron chi connectivity index (χ3n) is 2.60. The smallest absolute Gasteiger partial charge is 0.321 e. The topological polar surface area (TPSA) is 26.3 Å². The summed E-state index contributed by atoms with van der Waals surface area (Å²) in [6, 6.07) is 8.34. The molecule has 1 aromatic carbocycles. The normalized spacial score (nSPS) is 11.6. The second kappa shape index (κ2) is 5.58. The molecule has 3 heteroatoms. The van der Waals surface area contributed by atoms with Crippen molar-refractivity contribution in [2.24, 2.45) is 0 Å². The Bertz CT molecular complexity index is 380. The highest BCUT2D eigenvalue weighted by Gasteiger charge is 2.29. The molecule has 0 aliphatic heterocycles. The van der Waals surface area contributed by atoms with Gasteiger partial charge in [-0.25, -0.2) is 0 Å². The van der Waals surface area contributed by atoms with Crippen molar-refractivity contribution in [2.45, 2.75) is 43.3 Å². The third kappa shape index (κ3) is 3.77. The van der Waals surface area contributed by atoms with Crippen LogP contribution in [0.2, 0.25) is 0 Å². The minimum absolute atomic E-state index is 0.199. The number of carbonyl (C=O) groups excluding carboxylic acids is 1. The molecule has 0 amide bonds. The minimum atomic E-state index is -0.548. The highest BCUT2D eigenvalue weighted by molar-refractivity contribution is 8.01. The molecule has 0 aliphatic carbocycles. The van der Waals surface area contributed by atoms with E-state index in [4.69, 9.17) is 4.74 Å². The van der Waals surface area contributed by atoms with Crippen LogP contribution >= 0.6 is 11.8 Å². The summed E-state index contributed by atoms with van der Waals surface area (Å²) < 4.78 is 4.24. The first-order valence-electron chi connectivity index (χ1n) is 5.74. The summed E-state index contributed by atoms with van der Waals surface area (Å²) in [6.45, 7) is 8.08. The molecule has 0 atom stereocenters. The third-order valence-corrected chi connectivity index (χ3v) is 3.78. The Kier molecular flexibility index (Phi) is 4.63. The number of methoxy groups -OCH3 is 1. The molecule has 2 nitrogen and oxygen atoms in total. The van der Waals surface area contributed by atoms with Crippen molar-refractivity contribution < 1.29 is 9.53 Å². The van der Waals surface area contributed by atoms with Crippen molar-refractivity contribution in [3.05, 3.63) is 29.8 Å². The molecular formula is C14H20O2S. The van der Waals surface area contributed by atoms with Crippen LogP contribution in [-0.4, -0.2) is 17.8 Å². The summed E-state index contributed by atoms with van der Waals surface area (Å²) in [5, 5.41) is 0. The summed E-state index contributed by atoms with van der Waals surface area (Å²) >= 11 is 1.52. The van der Waals surface area contributed by atoms with E-state index in [1.54, 1.807) is 0 Å². The summed E-state index contributed by atoms with van der Waals surface area (Å²) in [5.41, 5.74) is 1.31. The summed E-state index contributed by atoms with van der Waals surface area (Å²) in [4.78, 5) is 12.7. The predicted molar refractivity (Wildman–Crippen MR) is 72.5 cm³/mol. The highest BCUT2D eigenvalue weighted by Crippen LogP contribution is 2.33. The van der Waals surface area contributed by atoms with Crippen LogP contribution in [0.15, 0.2) is 29.2 Å². The lowest BCUT2D eigenvalue weighted by Crippen LogP contribution is -2.28. The fourth-order valence-electron chi connectivity index (χ4n) is 1.50. The quantitative estimate of drug-likeness (QED) is 0.601. The molecular weight excluding hydrogens is 232 g/mol. The van der Waals surface area contributed by atoms with Crippen LogP contribution in [0.3, 0.4) is 0 Å². The molecule has 0 spiro atoms. The number of rotatable bonds is 4. The molecule has 1 rings (SSSR count). The first kappa shape index (κ1) is 14.1. The predicted octanol–water partition coefficient (Wildman–Crippen LogP) is 3.85. The van der Waals surface area contributed by atoms with E-state index in [2.05, 4.69) is 38.1 Å². The molecule has 1 aromatic rings. The fraction of sp³-hybridized carbons (Fsp3) is 0.500. The van der Waals surface area contributed by atoms with Crippen molar-refractivity contribution in [1.29, 1.82) is 0 Å². The Balaban J connectivity index is 2.79. The molecule has 0 saturated heterocycles. The SMILES string of the molecule is COC(=O)C(C)(C)Sc1ccc(C(C)C)cc1. The zero-order chi connectivity index (χ0) is 13.1. The number of hydrogen-bond donors (Lipinski definition) is 0. The molecule has 0 aliphatic rings. The molecule has 0 radical (unpaired) electrons. The highest BCUT2D eigenvalue weighted by atomic mass is 32.2. The van der Waals surface area contributed by atoms with Crippen molar-refractivity contribution in [3.63, 3.8) is 0 Å². The molecule has 0 unspecified atom stereocenters. The van der Waals surface area contributed by atoms with Gasteiger partial charge in [-0.1, -0.05) is 26.0 Å². The van der Waals surface area contributed by atoms with Crippen molar-refractivity contribution >= 4 is 17.7 Å². The standard InChI is InChI=1S/C14H20O2S/c1-10(2)11-6-8-12(9-7-11)17-14(3,4)13(15)16-5/h6-10H,1-5H3. The maximum atomic E-state index is 11.6. The van der Waals surface area contributed by atoms with Gasteiger partial charge >= 0.3 is 5.97 Å². The van der Waals surface area contributed by atoms with Crippen LogP contribution in [0.5, 0.6) is 0 Å². The fourth-order valence-corrected chi connectivity index (χ4v) is 2.53. The van der Waals surface area contributed by atoms with Gasteiger partial charge < -0.3 is 4.74 Å². The lowest BCUT2D eigenvalue weighted by Gasteiger charge is -2.20. The van der Waals surface area contributed by atoms with Gasteiger partial charge in [0.25, 0.3) is 0 Å². The monoisotopic (exact) mass is 252 g/mol. The molecule has 94 valence electrons. The van der Waals surface area contributed by atoms with Crippen molar-refractivity contribution in [3.8, 4) is 0 Å². The van der Waals surface area contributed by atoms with E-state index in [0.717, 1.165) is 4.90 Å². The van der Waals surface area contributed by atoms with Crippen molar-refractivity contribution in [1.82, 2.24) is 0 Å². The van der Waals surface area contributed by atoms with E-state index < -0.39 is 4.75 Å². The van der Waals surface area contributed by atoms with Crippen LogP contribution in [-0.2, 0) is 9.53 Å². The van der Waals surface area contributed by atoms with Gasteiger partial charge in [0.2, 0.25) is 0 Å². The maximum Gasteiger partial charge on any atom is 0.321 e. The molecule has 17 heavy (non-hydrogen) atoms. The van der Waals surface area contributed by atoms with Gasteiger partial charge in [0.05, 0.1) is 7.11 Å². The van der Waals surface area contributed by atoms with Gasteiger partial charge in [0.1, 0.15) is 4.75 Å². The molecule has 0 heterocycles. The molecule has 0 bridgehead atoms. The molecule has 0 N–H and O–H groups in total. The number of carbonyl (C=O) groups is 1. The van der Waals surface area contributed by atoms with E-state index in [1.807, 2.05) is 13.8 Å². The van der Waals surface area contributed by atoms with E-state index in [1.165, 1.54) is 24.4 Å². The molecule has 0 aromatic heterocycles. The minimum Gasteiger partial charge on any atom is -0.468 e. The van der Waals surface area contributed by atoms with Crippen LogP contribution in [0.1, 0.15) is 39.2 Å². The first-order chi connectivity index (χ1) is 7.86. The van der Waals surface area contributed by atoms with E-state index >= 15 is 0 Å². The molecule has 0 saturated carbocycles. The number of ether oxygens (including phenoxy) is 1. The van der Waals surface area contributed by atoms with Crippen LogP contribution in [0, 0.1) is 0 Å². The van der Waals surface area contributed by atoms with Gasteiger partial charge in [0, 0.05) is 4.90 Å². The Morgan fingerprint density at radius 3 is 2.18 bits per heavy atom. The lowest BCUT2D eigenvalue weighted by molar-refractivity contribution is -0.142. The van der Waals surface area contributed by atoms with Crippen LogP contribution in [0.25, 0.3) is 0 Å². The number of thioether (sulfide) groups is 1.